The van der Waals surface area contributed by atoms with Crippen LogP contribution in [0, 0.1) is 0 Å². The highest BCUT2D eigenvalue weighted by Crippen LogP contribution is 2.16. The Morgan fingerprint density at radius 1 is 1.50 bits per heavy atom. The molecular formula is C11H15ClN2O2. The zero-order valence-corrected chi connectivity index (χ0v) is 9.81. The van der Waals surface area contributed by atoms with Gasteiger partial charge in [-0.1, -0.05) is 11.6 Å². The summed E-state index contributed by atoms with van der Waals surface area (Å²) in [6, 6.07) is 6.94. The molecule has 1 rings (SSSR count). The van der Waals surface area contributed by atoms with Crippen LogP contribution in [0.5, 0.6) is 0 Å². The molecule has 1 unspecified atom stereocenters. The molecule has 0 fully saturated rings. The van der Waals surface area contributed by atoms with Gasteiger partial charge in [0.1, 0.15) is 0 Å². The number of hydrogen-bond acceptors (Lipinski definition) is 3. The van der Waals surface area contributed by atoms with Crippen LogP contribution in [-0.4, -0.2) is 30.7 Å². The average molecular weight is 243 g/mol. The summed E-state index contributed by atoms with van der Waals surface area (Å²) >= 11 is 5.77. The van der Waals surface area contributed by atoms with Crippen LogP contribution in [0.1, 0.15) is 6.42 Å². The van der Waals surface area contributed by atoms with Gasteiger partial charge in [0.15, 0.2) is 0 Å². The molecular weight excluding hydrogens is 228 g/mol. The lowest BCUT2D eigenvalue weighted by Gasteiger charge is -2.22. The summed E-state index contributed by atoms with van der Waals surface area (Å²) in [5, 5.41) is 9.26. The molecule has 0 radical (unpaired) electrons. The van der Waals surface area contributed by atoms with E-state index in [0.29, 0.717) is 11.6 Å². The molecule has 88 valence electrons. The third-order valence-electron chi connectivity index (χ3n) is 2.21. The standard InChI is InChI=1S/C11H15ClN2O2/c1-14(7-9(13)6-11(15)16)10-4-2-8(12)3-5-10/h2-5,9H,6-7,13H2,1H3,(H,15,16). The second-order valence-corrected chi connectivity index (χ2v) is 4.15. The molecule has 0 aromatic heterocycles. The fourth-order valence-corrected chi connectivity index (χ4v) is 1.57. The maximum Gasteiger partial charge on any atom is 0.304 e. The number of nitrogens with zero attached hydrogens (tertiary/aromatic N) is 1. The lowest BCUT2D eigenvalue weighted by molar-refractivity contribution is -0.137. The number of likely N-dealkylation sites (N-methyl/N-ethyl adjacent to an activating group) is 1. The fraction of sp³-hybridized carbons (Fsp3) is 0.364. The number of benzene rings is 1. The quantitative estimate of drug-likeness (QED) is 0.823. The van der Waals surface area contributed by atoms with Crippen molar-refractivity contribution in [3.05, 3.63) is 29.3 Å². The first-order valence-electron chi connectivity index (χ1n) is 4.93. The largest absolute Gasteiger partial charge is 0.481 e. The molecule has 0 bridgehead atoms. The summed E-state index contributed by atoms with van der Waals surface area (Å²) in [6.07, 6.45) is -0.0298. The van der Waals surface area contributed by atoms with Crippen LogP contribution in [0.2, 0.25) is 5.02 Å². The normalized spacial score (nSPS) is 12.2. The number of rotatable bonds is 5. The maximum absolute atomic E-state index is 10.5. The molecule has 0 aliphatic rings. The molecule has 16 heavy (non-hydrogen) atoms. The Morgan fingerprint density at radius 2 is 2.06 bits per heavy atom. The predicted octanol–water partition coefficient (Wildman–Crippen LogP) is 1.58. The molecule has 0 saturated carbocycles. The van der Waals surface area contributed by atoms with Crippen molar-refractivity contribution in [3.63, 3.8) is 0 Å². The Balaban J connectivity index is 2.54. The van der Waals surface area contributed by atoms with Gasteiger partial charge in [0.2, 0.25) is 0 Å². The minimum absolute atomic E-state index is 0.0298. The van der Waals surface area contributed by atoms with E-state index in [4.69, 9.17) is 22.4 Å². The molecule has 0 spiro atoms. The summed E-state index contributed by atoms with van der Waals surface area (Å²) in [7, 11) is 1.87. The van der Waals surface area contributed by atoms with Gasteiger partial charge >= 0.3 is 5.97 Å². The van der Waals surface area contributed by atoms with Crippen LogP contribution in [0.4, 0.5) is 5.69 Å². The van der Waals surface area contributed by atoms with Crippen molar-refractivity contribution in [1.82, 2.24) is 0 Å². The van der Waals surface area contributed by atoms with E-state index in [-0.39, 0.29) is 12.5 Å². The summed E-state index contributed by atoms with van der Waals surface area (Å²) in [5.41, 5.74) is 6.66. The highest BCUT2D eigenvalue weighted by atomic mass is 35.5. The first-order valence-corrected chi connectivity index (χ1v) is 5.31. The van der Waals surface area contributed by atoms with Gasteiger partial charge in [-0.05, 0) is 24.3 Å². The molecule has 1 aromatic rings. The van der Waals surface area contributed by atoms with Crippen LogP contribution in [-0.2, 0) is 4.79 Å². The Bertz CT molecular complexity index is 354. The van der Waals surface area contributed by atoms with Gasteiger partial charge < -0.3 is 15.7 Å². The van der Waals surface area contributed by atoms with Crippen molar-refractivity contribution in [3.8, 4) is 0 Å². The first-order chi connectivity index (χ1) is 7.49. The minimum atomic E-state index is -0.878. The molecule has 4 nitrogen and oxygen atoms in total. The molecule has 0 aliphatic heterocycles. The number of anilines is 1. The van der Waals surface area contributed by atoms with E-state index < -0.39 is 5.97 Å². The minimum Gasteiger partial charge on any atom is -0.481 e. The van der Waals surface area contributed by atoms with E-state index in [0.717, 1.165) is 5.69 Å². The Hall–Kier alpha value is -1.26. The van der Waals surface area contributed by atoms with Gasteiger partial charge in [-0.2, -0.15) is 0 Å². The molecule has 0 saturated heterocycles. The van der Waals surface area contributed by atoms with Crippen molar-refractivity contribution in [1.29, 1.82) is 0 Å². The highest BCUT2D eigenvalue weighted by molar-refractivity contribution is 6.30. The SMILES string of the molecule is CN(CC(N)CC(=O)O)c1ccc(Cl)cc1. The maximum atomic E-state index is 10.5. The first kappa shape index (κ1) is 12.8. The topological polar surface area (TPSA) is 66.6 Å². The zero-order valence-electron chi connectivity index (χ0n) is 9.06. The van der Waals surface area contributed by atoms with Crippen molar-refractivity contribution in [2.24, 2.45) is 5.73 Å². The summed E-state index contributed by atoms with van der Waals surface area (Å²) in [6.45, 7) is 0.494. The van der Waals surface area contributed by atoms with Gasteiger partial charge in [0.05, 0.1) is 6.42 Å². The second-order valence-electron chi connectivity index (χ2n) is 3.71. The number of carboxylic acids is 1. The average Bonchev–Trinajstić information content (AvgIpc) is 2.16. The van der Waals surface area contributed by atoms with Crippen LogP contribution in [0.15, 0.2) is 24.3 Å². The number of nitrogens with two attached hydrogens (primary N) is 1. The molecule has 0 heterocycles. The van der Waals surface area contributed by atoms with Crippen LogP contribution < -0.4 is 10.6 Å². The Kier molecular flexibility index (Phi) is 4.58. The van der Waals surface area contributed by atoms with Crippen molar-refractivity contribution in [2.45, 2.75) is 12.5 Å². The van der Waals surface area contributed by atoms with E-state index in [2.05, 4.69) is 0 Å². The molecule has 1 aromatic carbocycles. The molecule has 3 N–H and O–H groups in total. The number of carbonyl (C=O) groups is 1. The molecule has 0 amide bonds. The number of halogens is 1. The van der Waals surface area contributed by atoms with Crippen LogP contribution >= 0.6 is 11.6 Å². The van der Waals surface area contributed by atoms with Gasteiger partial charge in [-0.25, -0.2) is 0 Å². The van der Waals surface area contributed by atoms with E-state index in [1.807, 2.05) is 24.1 Å². The van der Waals surface area contributed by atoms with E-state index in [1.54, 1.807) is 12.1 Å². The van der Waals surface area contributed by atoms with E-state index in [9.17, 15) is 4.79 Å². The number of carboxylic acid groups (broad SMARTS) is 1. The molecule has 0 aliphatic carbocycles. The number of hydrogen-bond donors (Lipinski definition) is 2. The van der Waals surface area contributed by atoms with Crippen LogP contribution in [0.25, 0.3) is 0 Å². The van der Waals surface area contributed by atoms with Gasteiger partial charge in [0, 0.05) is 30.3 Å². The van der Waals surface area contributed by atoms with Crippen LogP contribution in [0.3, 0.4) is 0 Å². The summed E-state index contributed by atoms with van der Waals surface area (Å²) in [4.78, 5) is 12.4. The van der Waals surface area contributed by atoms with Gasteiger partial charge in [0.25, 0.3) is 0 Å². The monoisotopic (exact) mass is 242 g/mol. The molecule has 1 atom stereocenters. The fourth-order valence-electron chi connectivity index (χ4n) is 1.44. The van der Waals surface area contributed by atoms with Crippen molar-refractivity contribution < 1.29 is 9.90 Å². The lowest BCUT2D eigenvalue weighted by atomic mass is 10.2. The smallest absolute Gasteiger partial charge is 0.304 e. The van der Waals surface area contributed by atoms with Gasteiger partial charge in [-0.3, -0.25) is 4.79 Å². The second kappa shape index (κ2) is 5.72. The summed E-state index contributed by atoms with van der Waals surface area (Å²) in [5.74, 6) is -0.878. The molecule has 5 heteroatoms. The van der Waals surface area contributed by atoms with Crippen molar-refractivity contribution >= 4 is 23.3 Å². The lowest BCUT2D eigenvalue weighted by Crippen LogP contribution is -2.36. The van der Waals surface area contributed by atoms with Gasteiger partial charge in [-0.15, -0.1) is 0 Å². The van der Waals surface area contributed by atoms with E-state index >= 15 is 0 Å². The van der Waals surface area contributed by atoms with E-state index in [1.165, 1.54) is 0 Å². The zero-order chi connectivity index (χ0) is 12.1. The summed E-state index contributed by atoms with van der Waals surface area (Å²) < 4.78 is 0. The Labute approximate surface area is 99.6 Å². The Morgan fingerprint density at radius 3 is 2.56 bits per heavy atom. The highest BCUT2D eigenvalue weighted by Gasteiger charge is 2.11. The predicted molar refractivity (Wildman–Crippen MR) is 65.0 cm³/mol. The van der Waals surface area contributed by atoms with Crippen molar-refractivity contribution in [2.75, 3.05) is 18.5 Å². The third-order valence-corrected chi connectivity index (χ3v) is 2.46. The third kappa shape index (κ3) is 4.08. The number of aliphatic carboxylic acids is 1.